The molecule has 0 bridgehead atoms. The average molecular weight is 264 g/mol. The van der Waals surface area contributed by atoms with E-state index in [0.717, 1.165) is 6.42 Å². The van der Waals surface area contributed by atoms with Crippen LogP contribution in [-0.4, -0.2) is 29.0 Å². The van der Waals surface area contributed by atoms with Crippen molar-refractivity contribution in [2.75, 3.05) is 11.9 Å². The summed E-state index contributed by atoms with van der Waals surface area (Å²) in [7, 11) is 1.61. The number of carboxylic acids is 1. The van der Waals surface area contributed by atoms with Gasteiger partial charge < -0.3 is 5.11 Å². The van der Waals surface area contributed by atoms with Gasteiger partial charge in [-0.15, -0.1) is 0 Å². The number of anilines is 1. The maximum absolute atomic E-state index is 12.0. The first-order valence-electron chi connectivity index (χ1n) is 6.16. The Kier molecular flexibility index (Phi) is 4.64. The Morgan fingerprint density at radius 3 is 2.53 bits per heavy atom. The van der Waals surface area contributed by atoms with Crippen LogP contribution in [0.5, 0.6) is 0 Å². The van der Waals surface area contributed by atoms with Crippen molar-refractivity contribution in [3.63, 3.8) is 0 Å². The minimum Gasteiger partial charge on any atom is -0.478 e. The number of amides is 1. The fourth-order valence-electron chi connectivity index (χ4n) is 1.51. The largest absolute Gasteiger partial charge is 0.478 e. The molecule has 0 aliphatic carbocycles. The number of aromatic nitrogens is 1. The van der Waals surface area contributed by atoms with Crippen molar-refractivity contribution in [2.45, 2.75) is 33.6 Å². The van der Waals surface area contributed by atoms with Crippen LogP contribution in [0.25, 0.3) is 0 Å². The third-order valence-corrected chi connectivity index (χ3v) is 2.80. The number of hydrogen-bond donors (Lipinski definition) is 1. The van der Waals surface area contributed by atoms with Gasteiger partial charge in [-0.05, 0) is 24.0 Å². The molecular formula is C14H20N2O3. The zero-order valence-electron chi connectivity index (χ0n) is 11.8. The van der Waals surface area contributed by atoms with E-state index in [2.05, 4.69) is 25.8 Å². The average Bonchev–Trinajstić information content (AvgIpc) is 2.34. The Labute approximate surface area is 113 Å². The van der Waals surface area contributed by atoms with Gasteiger partial charge in [-0.3, -0.25) is 9.69 Å². The summed E-state index contributed by atoms with van der Waals surface area (Å²) in [6.07, 6.45) is 2.58. The number of carboxylic acid groups (broad SMARTS) is 1. The lowest BCUT2D eigenvalue weighted by Gasteiger charge is -2.21. The molecule has 1 aromatic heterocycles. The van der Waals surface area contributed by atoms with Crippen LogP contribution < -0.4 is 4.90 Å². The summed E-state index contributed by atoms with van der Waals surface area (Å²) >= 11 is 0. The molecule has 0 spiro atoms. The lowest BCUT2D eigenvalue weighted by Crippen LogP contribution is -2.28. The van der Waals surface area contributed by atoms with E-state index in [1.807, 2.05) is 0 Å². The van der Waals surface area contributed by atoms with Gasteiger partial charge in [-0.2, -0.15) is 0 Å². The molecule has 0 aliphatic rings. The smallest absolute Gasteiger partial charge is 0.335 e. The molecule has 0 atom stereocenters. The van der Waals surface area contributed by atoms with Crippen LogP contribution in [0.15, 0.2) is 18.3 Å². The summed E-state index contributed by atoms with van der Waals surface area (Å²) in [5.41, 5.74) is 0.216. The highest BCUT2D eigenvalue weighted by atomic mass is 16.4. The highest BCUT2D eigenvalue weighted by Crippen LogP contribution is 2.22. The second kappa shape index (κ2) is 5.82. The molecule has 0 radical (unpaired) electrons. The van der Waals surface area contributed by atoms with E-state index in [1.165, 1.54) is 23.2 Å². The summed E-state index contributed by atoms with van der Waals surface area (Å²) < 4.78 is 0. The summed E-state index contributed by atoms with van der Waals surface area (Å²) in [5.74, 6) is -0.733. The first-order chi connectivity index (χ1) is 8.70. The molecule has 0 saturated heterocycles. The van der Waals surface area contributed by atoms with E-state index >= 15 is 0 Å². The molecule has 0 fully saturated rings. The highest BCUT2D eigenvalue weighted by Gasteiger charge is 2.17. The van der Waals surface area contributed by atoms with Crippen molar-refractivity contribution in [1.82, 2.24) is 4.98 Å². The van der Waals surface area contributed by atoms with Crippen molar-refractivity contribution in [3.8, 4) is 0 Å². The van der Waals surface area contributed by atoms with Crippen LogP contribution >= 0.6 is 0 Å². The molecule has 0 aromatic carbocycles. The van der Waals surface area contributed by atoms with Gasteiger partial charge in [-0.1, -0.05) is 20.8 Å². The summed E-state index contributed by atoms with van der Waals surface area (Å²) in [4.78, 5) is 28.3. The second-order valence-corrected chi connectivity index (χ2v) is 5.72. The Balaban J connectivity index is 2.77. The number of nitrogens with zero attached hydrogens (tertiary/aromatic N) is 2. The lowest BCUT2D eigenvalue weighted by atomic mass is 9.90. The van der Waals surface area contributed by atoms with Gasteiger partial charge in [0.25, 0.3) is 0 Å². The van der Waals surface area contributed by atoms with Gasteiger partial charge in [0.15, 0.2) is 0 Å². The monoisotopic (exact) mass is 264 g/mol. The molecule has 0 aliphatic heterocycles. The van der Waals surface area contributed by atoms with Crippen molar-refractivity contribution < 1.29 is 14.7 Å². The zero-order chi connectivity index (χ0) is 14.6. The number of hydrogen-bond acceptors (Lipinski definition) is 3. The van der Waals surface area contributed by atoms with E-state index in [0.29, 0.717) is 12.2 Å². The summed E-state index contributed by atoms with van der Waals surface area (Å²) in [6.45, 7) is 6.22. The molecule has 0 unspecified atom stereocenters. The molecule has 5 heteroatoms. The van der Waals surface area contributed by atoms with E-state index in [9.17, 15) is 9.59 Å². The van der Waals surface area contributed by atoms with Crippen LogP contribution in [0.1, 0.15) is 44.0 Å². The first-order valence-corrected chi connectivity index (χ1v) is 6.16. The number of rotatable bonds is 4. The van der Waals surface area contributed by atoms with Gasteiger partial charge in [0.05, 0.1) is 5.56 Å². The number of carbonyl (C=O) groups is 2. The van der Waals surface area contributed by atoms with Crippen molar-refractivity contribution in [1.29, 1.82) is 0 Å². The second-order valence-electron chi connectivity index (χ2n) is 5.72. The van der Waals surface area contributed by atoms with E-state index in [-0.39, 0.29) is 16.9 Å². The minimum atomic E-state index is -1.03. The van der Waals surface area contributed by atoms with Crippen molar-refractivity contribution in [3.05, 3.63) is 23.9 Å². The SMILES string of the molecule is CN(C(=O)CCC(C)(C)C)c1cc(C(=O)O)ccn1. The van der Waals surface area contributed by atoms with Crippen LogP contribution in [0.2, 0.25) is 0 Å². The lowest BCUT2D eigenvalue weighted by molar-refractivity contribution is -0.118. The quantitative estimate of drug-likeness (QED) is 0.907. The Morgan fingerprint density at radius 2 is 2.00 bits per heavy atom. The normalized spacial score (nSPS) is 11.2. The topological polar surface area (TPSA) is 70.5 Å². The number of aromatic carboxylic acids is 1. The van der Waals surface area contributed by atoms with Gasteiger partial charge in [0.2, 0.25) is 5.91 Å². The molecule has 0 saturated carbocycles. The highest BCUT2D eigenvalue weighted by molar-refractivity contribution is 5.94. The van der Waals surface area contributed by atoms with Gasteiger partial charge in [0.1, 0.15) is 5.82 Å². The first kappa shape index (κ1) is 15.1. The van der Waals surface area contributed by atoms with Crippen LogP contribution in [0.3, 0.4) is 0 Å². The Morgan fingerprint density at radius 1 is 1.37 bits per heavy atom. The minimum absolute atomic E-state index is 0.0648. The summed E-state index contributed by atoms with van der Waals surface area (Å²) in [6, 6.07) is 2.80. The third-order valence-electron chi connectivity index (χ3n) is 2.80. The summed E-state index contributed by atoms with van der Waals surface area (Å²) in [5, 5.41) is 8.91. The molecule has 1 heterocycles. The van der Waals surface area contributed by atoms with E-state index in [4.69, 9.17) is 5.11 Å². The van der Waals surface area contributed by atoms with Crippen LogP contribution in [0, 0.1) is 5.41 Å². The standard InChI is InChI=1S/C14H20N2O3/c1-14(2,3)7-5-12(17)16(4)11-9-10(13(18)19)6-8-15-11/h6,8-9H,5,7H2,1-4H3,(H,18,19). The van der Waals surface area contributed by atoms with Crippen LogP contribution in [-0.2, 0) is 4.79 Å². The number of carbonyl (C=O) groups excluding carboxylic acids is 1. The number of pyridine rings is 1. The predicted molar refractivity (Wildman–Crippen MR) is 73.3 cm³/mol. The molecule has 19 heavy (non-hydrogen) atoms. The maximum atomic E-state index is 12.0. The molecule has 1 rings (SSSR count). The maximum Gasteiger partial charge on any atom is 0.335 e. The van der Waals surface area contributed by atoms with Crippen molar-refractivity contribution >= 4 is 17.7 Å². The van der Waals surface area contributed by atoms with Gasteiger partial charge in [0, 0.05) is 19.7 Å². The molecule has 1 N–H and O–H groups in total. The van der Waals surface area contributed by atoms with Crippen molar-refractivity contribution in [2.24, 2.45) is 5.41 Å². The predicted octanol–water partition coefficient (Wildman–Crippen LogP) is 2.57. The van der Waals surface area contributed by atoms with E-state index < -0.39 is 5.97 Å². The van der Waals surface area contributed by atoms with Gasteiger partial charge >= 0.3 is 5.97 Å². The molecule has 1 aromatic rings. The fraction of sp³-hybridized carbons (Fsp3) is 0.500. The molecular weight excluding hydrogens is 244 g/mol. The van der Waals surface area contributed by atoms with Crippen LogP contribution in [0.4, 0.5) is 5.82 Å². The molecule has 104 valence electrons. The fourth-order valence-corrected chi connectivity index (χ4v) is 1.51. The van der Waals surface area contributed by atoms with E-state index in [1.54, 1.807) is 7.05 Å². The molecule has 5 nitrogen and oxygen atoms in total. The Bertz CT molecular complexity index is 478. The zero-order valence-corrected chi connectivity index (χ0v) is 11.8. The van der Waals surface area contributed by atoms with Gasteiger partial charge in [-0.25, -0.2) is 9.78 Å². The Hall–Kier alpha value is -1.91. The molecule has 1 amide bonds. The third kappa shape index (κ3) is 4.69.